The Bertz CT molecular complexity index is 585. The molecule has 0 bridgehead atoms. The van der Waals surface area contributed by atoms with E-state index in [-0.39, 0.29) is 5.56 Å². The Morgan fingerprint density at radius 1 is 1.35 bits per heavy atom. The molecule has 0 saturated carbocycles. The van der Waals surface area contributed by atoms with Gasteiger partial charge in [-0.1, -0.05) is 17.7 Å². The zero-order chi connectivity index (χ0) is 14.4. The maximum atomic E-state index is 10.8. The lowest BCUT2D eigenvalue weighted by Crippen LogP contribution is -2.20. The van der Waals surface area contributed by atoms with Crippen LogP contribution < -0.4 is 10.1 Å². The van der Waals surface area contributed by atoms with Crippen molar-refractivity contribution in [3.05, 3.63) is 51.2 Å². The standard InChI is InChI=1S/C14H14ClNO3S/c15-13-5-4-12(20-13)9-16-6-7-19-11-3-1-2-10(8-11)14(17)18/h1-5,8,16H,6-7,9H2,(H,17,18). The zero-order valence-corrected chi connectivity index (χ0v) is 12.2. The molecule has 0 atom stereocenters. The third-order valence-corrected chi connectivity index (χ3v) is 3.79. The molecule has 0 fully saturated rings. The molecule has 106 valence electrons. The molecule has 2 N–H and O–H groups in total. The molecule has 0 spiro atoms. The van der Waals surface area contributed by atoms with E-state index in [9.17, 15) is 4.79 Å². The summed E-state index contributed by atoms with van der Waals surface area (Å²) in [5, 5.41) is 12.1. The lowest BCUT2D eigenvalue weighted by molar-refractivity contribution is 0.0696. The normalized spacial score (nSPS) is 10.4. The van der Waals surface area contributed by atoms with Crippen molar-refractivity contribution in [2.24, 2.45) is 0 Å². The second kappa shape index (κ2) is 7.28. The van der Waals surface area contributed by atoms with E-state index in [1.807, 2.05) is 12.1 Å². The largest absolute Gasteiger partial charge is 0.492 e. The van der Waals surface area contributed by atoms with Gasteiger partial charge in [0.1, 0.15) is 12.4 Å². The van der Waals surface area contributed by atoms with Crippen molar-refractivity contribution in [3.8, 4) is 5.75 Å². The maximum absolute atomic E-state index is 10.8. The number of ether oxygens (including phenoxy) is 1. The van der Waals surface area contributed by atoms with E-state index in [0.29, 0.717) is 18.9 Å². The zero-order valence-electron chi connectivity index (χ0n) is 10.6. The smallest absolute Gasteiger partial charge is 0.335 e. The minimum absolute atomic E-state index is 0.226. The number of aromatic carboxylic acids is 1. The summed E-state index contributed by atoms with van der Waals surface area (Å²) >= 11 is 7.38. The molecule has 0 aliphatic heterocycles. The van der Waals surface area contributed by atoms with Gasteiger partial charge in [-0.25, -0.2) is 4.79 Å². The van der Waals surface area contributed by atoms with E-state index in [4.69, 9.17) is 21.4 Å². The van der Waals surface area contributed by atoms with Crippen LogP contribution in [0.15, 0.2) is 36.4 Å². The number of hydrogen-bond donors (Lipinski definition) is 2. The fourth-order valence-electron chi connectivity index (χ4n) is 1.62. The van der Waals surface area contributed by atoms with Gasteiger partial charge in [-0.3, -0.25) is 0 Å². The SMILES string of the molecule is O=C(O)c1cccc(OCCNCc2ccc(Cl)s2)c1. The lowest BCUT2D eigenvalue weighted by Gasteiger charge is -2.07. The highest BCUT2D eigenvalue weighted by atomic mass is 35.5. The Kier molecular flexibility index (Phi) is 5.40. The molecule has 0 unspecified atom stereocenters. The van der Waals surface area contributed by atoms with Crippen LogP contribution in [0.25, 0.3) is 0 Å². The highest BCUT2D eigenvalue weighted by Crippen LogP contribution is 2.20. The van der Waals surface area contributed by atoms with E-state index in [0.717, 1.165) is 10.9 Å². The second-order valence-electron chi connectivity index (χ2n) is 4.06. The summed E-state index contributed by atoms with van der Waals surface area (Å²) in [6.45, 7) is 1.89. The molecule has 0 aliphatic rings. The van der Waals surface area contributed by atoms with Crippen LogP contribution in [0.2, 0.25) is 4.34 Å². The first-order valence-corrected chi connectivity index (χ1v) is 7.25. The van der Waals surface area contributed by atoms with Crippen molar-refractivity contribution in [3.63, 3.8) is 0 Å². The predicted octanol–water partition coefficient (Wildman–Crippen LogP) is 3.27. The van der Waals surface area contributed by atoms with Gasteiger partial charge in [-0.2, -0.15) is 0 Å². The Hall–Kier alpha value is -1.56. The molecule has 6 heteroatoms. The van der Waals surface area contributed by atoms with E-state index >= 15 is 0 Å². The monoisotopic (exact) mass is 311 g/mol. The van der Waals surface area contributed by atoms with Crippen LogP contribution in [0.4, 0.5) is 0 Å². The van der Waals surface area contributed by atoms with Gasteiger partial charge in [-0.05, 0) is 30.3 Å². The Balaban J connectivity index is 1.70. The summed E-state index contributed by atoms with van der Waals surface area (Å²) in [5.41, 5.74) is 0.226. The van der Waals surface area contributed by atoms with Crippen LogP contribution in [0.5, 0.6) is 5.75 Å². The van der Waals surface area contributed by atoms with Crippen molar-refractivity contribution in [2.75, 3.05) is 13.2 Å². The molecule has 1 aromatic heterocycles. The summed E-state index contributed by atoms with van der Waals surface area (Å²) in [6.07, 6.45) is 0. The maximum Gasteiger partial charge on any atom is 0.335 e. The molecule has 20 heavy (non-hydrogen) atoms. The predicted molar refractivity (Wildman–Crippen MR) is 79.9 cm³/mol. The van der Waals surface area contributed by atoms with E-state index in [1.54, 1.807) is 23.5 Å². The van der Waals surface area contributed by atoms with Crippen molar-refractivity contribution < 1.29 is 14.6 Å². The van der Waals surface area contributed by atoms with Gasteiger partial charge in [-0.15, -0.1) is 11.3 Å². The average molecular weight is 312 g/mol. The van der Waals surface area contributed by atoms with Crippen LogP contribution in [0.3, 0.4) is 0 Å². The van der Waals surface area contributed by atoms with E-state index < -0.39 is 5.97 Å². The first-order valence-electron chi connectivity index (χ1n) is 6.06. The molecular formula is C14H14ClNO3S. The number of nitrogens with one attached hydrogen (secondary N) is 1. The van der Waals surface area contributed by atoms with Crippen LogP contribution in [0.1, 0.15) is 15.2 Å². The van der Waals surface area contributed by atoms with Crippen LogP contribution in [-0.4, -0.2) is 24.2 Å². The molecule has 0 saturated heterocycles. The number of carbonyl (C=O) groups is 1. The van der Waals surface area contributed by atoms with Crippen molar-refractivity contribution in [1.82, 2.24) is 5.32 Å². The van der Waals surface area contributed by atoms with E-state index in [1.165, 1.54) is 17.0 Å². The molecule has 4 nitrogen and oxygen atoms in total. The average Bonchev–Trinajstić information content (AvgIpc) is 2.84. The van der Waals surface area contributed by atoms with Gasteiger partial charge >= 0.3 is 5.97 Å². The first-order chi connectivity index (χ1) is 9.65. The van der Waals surface area contributed by atoms with Crippen LogP contribution in [-0.2, 0) is 6.54 Å². The van der Waals surface area contributed by atoms with Crippen LogP contribution >= 0.6 is 22.9 Å². The minimum Gasteiger partial charge on any atom is -0.492 e. The van der Waals surface area contributed by atoms with Gasteiger partial charge < -0.3 is 15.2 Å². The van der Waals surface area contributed by atoms with Gasteiger partial charge in [0.15, 0.2) is 0 Å². The number of benzene rings is 1. The minimum atomic E-state index is -0.955. The van der Waals surface area contributed by atoms with E-state index in [2.05, 4.69) is 5.32 Å². The summed E-state index contributed by atoms with van der Waals surface area (Å²) < 4.78 is 6.27. The molecule has 0 aliphatic carbocycles. The van der Waals surface area contributed by atoms with Crippen molar-refractivity contribution >= 4 is 28.9 Å². The first kappa shape index (κ1) is 14.8. The van der Waals surface area contributed by atoms with Gasteiger partial charge in [0.25, 0.3) is 0 Å². The van der Waals surface area contributed by atoms with Gasteiger partial charge in [0.05, 0.1) is 9.90 Å². The van der Waals surface area contributed by atoms with Crippen molar-refractivity contribution in [1.29, 1.82) is 0 Å². The second-order valence-corrected chi connectivity index (χ2v) is 5.86. The Labute approximate surface area is 126 Å². The summed E-state index contributed by atoms with van der Waals surface area (Å²) in [6, 6.07) is 10.3. The third-order valence-electron chi connectivity index (χ3n) is 2.56. The number of carboxylic acids is 1. The van der Waals surface area contributed by atoms with Gasteiger partial charge in [0, 0.05) is 18.0 Å². The fourth-order valence-corrected chi connectivity index (χ4v) is 2.68. The Morgan fingerprint density at radius 2 is 2.20 bits per heavy atom. The summed E-state index contributed by atoms with van der Waals surface area (Å²) in [7, 11) is 0. The highest BCUT2D eigenvalue weighted by molar-refractivity contribution is 7.16. The topological polar surface area (TPSA) is 58.6 Å². The van der Waals surface area contributed by atoms with Crippen molar-refractivity contribution in [2.45, 2.75) is 6.54 Å². The van der Waals surface area contributed by atoms with Crippen LogP contribution in [0, 0.1) is 0 Å². The highest BCUT2D eigenvalue weighted by Gasteiger charge is 2.03. The summed E-state index contributed by atoms with van der Waals surface area (Å²) in [4.78, 5) is 12.0. The number of carboxylic acid groups (broad SMARTS) is 1. The third kappa shape index (κ3) is 4.52. The molecule has 0 amide bonds. The number of rotatable bonds is 7. The number of hydrogen-bond acceptors (Lipinski definition) is 4. The van der Waals surface area contributed by atoms with Gasteiger partial charge in [0.2, 0.25) is 0 Å². The molecular weight excluding hydrogens is 298 g/mol. The molecule has 2 rings (SSSR count). The fraction of sp³-hybridized carbons (Fsp3) is 0.214. The molecule has 1 heterocycles. The number of halogens is 1. The Morgan fingerprint density at radius 3 is 2.90 bits per heavy atom. The molecule has 2 aromatic rings. The molecule has 0 radical (unpaired) electrons. The quantitative estimate of drug-likeness (QED) is 0.771. The molecule has 1 aromatic carbocycles. The number of thiophene rings is 1. The summed E-state index contributed by atoms with van der Waals surface area (Å²) in [5.74, 6) is -0.394. The lowest BCUT2D eigenvalue weighted by atomic mass is 10.2.